The van der Waals surface area contributed by atoms with E-state index < -0.39 is 0 Å². The molecule has 0 N–H and O–H groups in total. The zero-order valence-electron chi connectivity index (χ0n) is 11.6. The monoisotopic (exact) mass is 222 g/mol. The van der Waals surface area contributed by atoms with Gasteiger partial charge in [-0.15, -0.1) is 0 Å². The Hall–Kier alpha value is -0.720. The standard InChI is InChI=1S/C15H26O/c1-7-12(6)15(11(4)5)14-8-13(9-16-14)10(2)3/h8-12,15H,7H2,1-6H3/t12?,15-/m0/s1. The van der Waals surface area contributed by atoms with Gasteiger partial charge in [0.15, 0.2) is 0 Å². The van der Waals surface area contributed by atoms with Crippen molar-refractivity contribution in [2.45, 2.75) is 59.8 Å². The van der Waals surface area contributed by atoms with Gasteiger partial charge in [0.2, 0.25) is 0 Å². The predicted octanol–water partition coefficient (Wildman–Crippen LogP) is 5.19. The van der Waals surface area contributed by atoms with Crippen molar-refractivity contribution in [2.24, 2.45) is 11.8 Å². The van der Waals surface area contributed by atoms with Crippen molar-refractivity contribution in [3.8, 4) is 0 Å². The summed E-state index contributed by atoms with van der Waals surface area (Å²) >= 11 is 0. The predicted molar refractivity (Wildman–Crippen MR) is 69.8 cm³/mol. The molecule has 1 aromatic rings. The molecule has 1 aromatic heterocycles. The quantitative estimate of drug-likeness (QED) is 0.668. The molecule has 16 heavy (non-hydrogen) atoms. The molecule has 0 aliphatic rings. The van der Waals surface area contributed by atoms with Gasteiger partial charge in [0.1, 0.15) is 5.76 Å². The molecule has 1 heterocycles. The van der Waals surface area contributed by atoms with Crippen molar-refractivity contribution in [3.05, 3.63) is 23.7 Å². The van der Waals surface area contributed by atoms with Crippen LogP contribution >= 0.6 is 0 Å². The Labute approximate surface area is 100 Å². The lowest BCUT2D eigenvalue weighted by Gasteiger charge is -2.24. The second-order valence-corrected chi connectivity index (χ2v) is 5.59. The number of rotatable bonds is 5. The largest absolute Gasteiger partial charge is 0.469 e. The third-order valence-corrected chi connectivity index (χ3v) is 3.61. The summed E-state index contributed by atoms with van der Waals surface area (Å²) in [5.41, 5.74) is 1.32. The van der Waals surface area contributed by atoms with Crippen molar-refractivity contribution in [1.29, 1.82) is 0 Å². The average molecular weight is 222 g/mol. The van der Waals surface area contributed by atoms with E-state index in [1.54, 1.807) is 0 Å². The van der Waals surface area contributed by atoms with Gasteiger partial charge in [-0.1, -0.05) is 48.0 Å². The second-order valence-electron chi connectivity index (χ2n) is 5.59. The van der Waals surface area contributed by atoms with Gasteiger partial charge in [-0.05, 0) is 29.4 Å². The van der Waals surface area contributed by atoms with E-state index in [0.29, 0.717) is 23.7 Å². The number of furan rings is 1. The van der Waals surface area contributed by atoms with Crippen LogP contribution in [-0.4, -0.2) is 0 Å². The summed E-state index contributed by atoms with van der Waals surface area (Å²) in [6, 6.07) is 2.25. The lowest BCUT2D eigenvalue weighted by Crippen LogP contribution is -2.14. The first-order valence-electron chi connectivity index (χ1n) is 6.55. The highest BCUT2D eigenvalue weighted by Crippen LogP contribution is 2.35. The van der Waals surface area contributed by atoms with Gasteiger partial charge in [0.05, 0.1) is 6.26 Å². The highest BCUT2D eigenvalue weighted by atomic mass is 16.3. The molecule has 0 saturated carbocycles. The summed E-state index contributed by atoms with van der Waals surface area (Å²) in [6.07, 6.45) is 3.14. The van der Waals surface area contributed by atoms with E-state index in [9.17, 15) is 0 Å². The lowest BCUT2D eigenvalue weighted by molar-refractivity contribution is 0.303. The minimum atomic E-state index is 0.553. The molecule has 0 spiro atoms. The Morgan fingerprint density at radius 2 is 1.75 bits per heavy atom. The minimum Gasteiger partial charge on any atom is -0.469 e. The molecule has 0 aliphatic carbocycles. The van der Waals surface area contributed by atoms with Crippen molar-refractivity contribution in [1.82, 2.24) is 0 Å². The van der Waals surface area contributed by atoms with Crippen LogP contribution in [0.2, 0.25) is 0 Å². The fourth-order valence-corrected chi connectivity index (χ4v) is 2.37. The summed E-state index contributed by atoms with van der Waals surface area (Å²) in [7, 11) is 0. The van der Waals surface area contributed by atoms with Gasteiger partial charge < -0.3 is 4.42 Å². The fraction of sp³-hybridized carbons (Fsp3) is 0.733. The molecule has 1 nitrogen and oxygen atoms in total. The first kappa shape index (κ1) is 13.3. The molecule has 0 saturated heterocycles. The summed E-state index contributed by atoms with van der Waals surface area (Å²) < 4.78 is 5.77. The molecule has 2 atom stereocenters. The molecule has 0 amide bonds. The van der Waals surface area contributed by atoms with E-state index in [1.165, 1.54) is 17.7 Å². The molecule has 0 aliphatic heterocycles. The number of hydrogen-bond acceptors (Lipinski definition) is 1. The smallest absolute Gasteiger partial charge is 0.107 e. The fourth-order valence-electron chi connectivity index (χ4n) is 2.37. The lowest BCUT2D eigenvalue weighted by atomic mass is 9.81. The van der Waals surface area contributed by atoms with Crippen molar-refractivity contribution < 1.29 is 4.42 Å². The third kappa shape index (κ3) is 2.90. The Kier molecular flexibility index (Phi) is 4.64. The third-order valence-electron chi connectivity index (χ3n) is 3.61. The highest BCUT2D eigenvalue weighted by Gasteiger charge is 2.24. The normalized spacial score (nSPS) is 15.8. The Balaban J connectivity index is 2.93. The van der Waals surface area contributed by atoms with Crippen LogP contribution in [0.5, 0.6) is 0 Å². The zero-order chi connectivity index (χ0) is 12.3. The first-order valence-corrected chi connectivity index (χ1v) is 6.55. The maximum absolute atomic E-state index is 5.77. The van der Waals surface area contributed by atoms with E-state index in [-0.39, 0.29) is 0 Å². The van der Waals surface area contributed by atoms with E-state index in [2.05, 4.69) is 47.6 Å². The van der Waals surface area contributed by atoms with E-state index >= 15 is 0 Å². The van der Waals surface area contributed by atoms with Gasteiger partial charge in [-0.2, -0.15) is 0 Å². The topological polar surface area (TPSA) is 13.1 Å². The zero-order valence-corrected chi connectivity index (χ0v) is 11.6. The van der Waals surface area contributed by atoms with Gasteiger partial charge >= 0.3 is 0 Å². The summed E-state index contributed by atoms with van der Waals surface area (Å²) in [5, 5.41) is 0. The van der Waals surface area contributed by atoms with Gasteiger partial charge in [-0.25, -0.2) is 0 Å². The van der Waals surface area contributed by atoms with Crippen molar-refractivity contribution in [2.75, 3.05) is 0 Å². The second kappa shape index (κ2) is 5.56. The van der Waals surface area contributed by atoms with E-state index in [1.807, 2.05) is 6.26 Å². The van der Waals surface area contributed by atoms with Crippen LogP contribution in [-0.2, 0) is 0 Å². The summed E-state index contributed by atoms with van der Waals surface area (Å²) in [6.45, 7) is 13.6. The molecule has 0 fully saturated rings. The molecular formula is C15H26O. The van der Waals surface area contributed by atoms with Crippen LogP contribution in [0.15, 0.2) is 16.7 Å². The molecule has 0 aromatic carbocycles. The van der Waals surface area contributed by atoms with Crippen LogP contribution < -0.4 is 0 Å². The van der Waals surface area contributed by atoms with Crippen molar-refractivity contribution >= 4 is 0 Å². The average Bonchev–Trinajstić information content (AvgIpc) is 2.66. The Morgan fingerprint density at radius 3 is 2.12 bits per heavy atom. The Bertz CT molecular complexity index is 309. The minimum absolute atomic E-state index is 0.553. The van der Waals surface area contributed by atoms with E-state index in [4.69, 9.17) is 4.42 Å². The molecule has 92 valence electrons. The molecule has 1 rings (SSSR count). The number of hydrogen-bond donors (Lipinski definition) is 0. The summed E-state index contributed by atoms with van der Waals surface area (Å²) in [4.78, 5) is 0. The van der Waals surface area contributed by atoms with Gasteiger partial charge in [0, 0.05) is 5.92 Å². The van der Waals surface area contributed by atoms with Gasteiger partial charge in [-0.3, -0.25) is 0 Å². The SMILES string of the molecule is CCC(C)[C@@H](c1cc(C(C)C)co1)C(C)C. The Morgan fingerprint density at radius 1 is 1.12 bits per heavy atom. The summed E-state index contributed by atoms with van der Waals surface area (Å²) in [5.74, 6) is 3.61. The maximum atomic E-state index is 5.77. The molecule has 0 radical (unpaired) electrons. The molecular weight excluding hydrogens is 196 g/mol. The highest BCUT2D eigenvalue weighted by molar-refractivity contribution is 5.19. The van der Waals surface area contributed by atoms with E-state index in [0.717, 1.165) is 0 Å². The van der Waals surface area contributed by atoms with Crippen LogP contribution in [0.1, 0.15) is 71.1 Å². The molecule has 1 unspecified atom stereocenters. The molecule has 1 heteroatoms. The van der Waals surface area contributed by atoms with Crippen LogP contribution in [0, 0.1) is 11.8 Å². The molecule has 0 bridgehead atoms. The maximum Gasteiger partial charge on any atom is 0.107 e. The van der Waals surface area contributed by atoms with Crippen LogP contribution in [0.4, 0.5) is 0 Å². The van der Waals surface area contributed by atoms with Gasteiger partial charge in [0.25, 0.3) is 0 Å². The van der Waals surface area contributed by atoms with Crippen LogP contribution in [0.3, 0.4) is 0 Å². The first-order chi connectivity index (χ1) is 7.47. The van der Waals surface area contributed by atoms with Crippen LogP contribution in [0.25, 0.3) is 0 Å². The van der Waals surface area contributed by atoms with Crippen molar-refractivity contribution in [3.63, 3.8) is 0 Å².